The Kier molecular flexibility index (Phi) is 3.91. The molecule has 3 heteroatoms. The molecule has 0 aliphatic heterocycles. The molecule has 0 aromatic heterocycles. The lowest BCUT2D eigenvalue weighted by Crippen LogP contribution is -2.41. The van der Waals surface area contributed by atoms with Crippen molar-refractivity contribution in [2.75, 3.05) is 13.2 Å². The Labute approximate surface area is 80.5 Å². The van der Waals surface area contributed by atoms with Crippen LogP contribution >= 0.6 is 0 Å². The maximum Gasteiger partial charge on any atom is 0.225 e. The molecular weight excluding hydrogens is 166 g/mol. The van der Waals surface area contributed by atoms with Gasteiger partial charge in [0.2, 0.25) is 5.91 Å². The summed E-state index contributed by atoms with van der Waals surface area (Å²) in [6.07, 6.45) is 0. The third-order valence-corrected chi connectivity index (χ3v) is 1.84. The Balaban J connectivity index is 3.98. The molecule has 0 bridgehead atoms. The number of nitrogens with one attached hydrogen (secondary N) is 1. The summed E-state index contributed by atoms with van der Waals surface area (Å²) in [7, 11) is 0. The second kappa shape index (κ2) is 4.09. The van der Waals surface area contributed by atoms with Gasteiger partial charge >= 0.3 is 0 Å². The topological polar surface area (TPSA) is 49.3 Å². The van der Waals surface area contributed by atoms with E-state index in [2.05, 4.69) is 5.32 Å². The lowest BCUT2D eigenvalue weighted by atomic mass is 9.92. The van der Waals surface area contributed by atoms with Gasteiger partial charge in [0.1, 0.15) is 0 Å². The van der Waals surface area contributed by atoms with E-state index >= 15 is 0 Å². The molecule has 3 nitrogen and oxygen atoms in total. The number of amides is 1. The van der Waals surface area contributed by atoms with Gasteiger partial charge in [-0.05, 0) is 0 Å². The van der Waals surface area contributed by atoms with Crippen molar-refractivity contribution in [2.24, 2.45) is 10.8 Å². The monoisotopic (exact) mass is 187 g/mol. The molecule has 0 saturated carbocycles. The van der Waals surface area contributed by atoms with E-state index in [1.165, 1.54) is 0 Å². The largest absolute Gasteiger partial charge is 0.396 e. The van der Waals surface area contributed by atoms with E-state index in [4.69, 9.17) is 5.11 Å². The Hall–Kier alpha value is -0.570. The SMILES string of the molecule is CC(C)(CO)CNC(=O)C(C)(C)C. The first-order valence-corrected chi connectivity index (χ1v) is 4.58. The van der Waals surface area contributed by atoms with Gasteiger partial charge in [-0.1, -0.05) is 34.6 Å². The summed E-state index contributed by atoms with van der Waals surface area (Å²) in [4.78, 5) is 11.4. The van der Waals surface area contributed by atoms with Crippen LogP contribution in [0.3, 0.4) is 0 Å². The third kappa shape index (κ3) is 4.88. The molecule has 0 fully saturated rings. The Bertz CT molecular complexity index is 180. The Morgan fingerprint density at radius 1 is 1.23 bits per heavy atom. The fraction of sp³-hybridized carbons (Fsp3) is 0.900. The van der Waals surface area contributed by atoms with Gasteiger partial charge in [-0.15, -0.1) is 0 Å². The van der Waals surface area contributed by atoms with Gasteiger partial charge < -0.3 is 10.4 Å². The smallest absolute Gasteiger partial charge is 0.225 e. The van der Waals surface area contributed by atoms with Gasteiger partial charge in [0.05, 0.1) is 0 Å². The van der Waals surface area contributed by atoms with Crippen LogP contribution in [0.15, 0.2) is 0 Å². The minimum Gasteiger partial charge on any atom is -0.396 e. The number of aliphatic hydroxyl groups excluding tert-OH is 1. The first-order chi connectivity index (χ1) is 5.69. The van der Waals surface area contributed by atoms with Gasteiger partial charge in [0, 0.05) is 24.0 Å². The standard InChI is InChI=1S/C10H21NO2/c1-9(2,3)8(13)11-6-10(4,5)7-12/h12H,6-7H2,1-5H3,(H,11,13). The molecule has 0 rings (SSSR count). The molecule has 0 aromatic rings. The first kappa shape index (κ1) is 12.4. The summed E-state index contributed by atoms with van der Waals surface area (Å²) in [5, 5.41) is 11.8. The predicted molar refractivity (Wildman–Crippen MR) is 53.3 cm³/mol. The molecular formula is C10H21NO2. The average Bonchev–Trinajstić information content (AvgIpc) is 1.98. The number of carbonyl (C=O) groups is 1. The molecule has 2 N–H and O–H groups in total. The molecule has 0 atom stereocenters. The lowest BCUT2D eigenvalue weighted by Gasteiger charge is -2.25. The molecule has 0 saturated heterocycles. The van der Waals surface area contributed by atoms with Crippen LogP contribution in [0.25, 0.3) is 0 Å². The van der Waals surface area contributed by atoms with Crippen molar-refractivity contribution in [2.45, 2.75) is 34.6 Å². The highest BCUT2D eigenvalue weighted by atomic mass is 16.3. The molecule has 0 radical (unpaired) electrons. The van der Waals surface area contributed by atoms with E-state index in [9.17, 15) is 4.79 Å². The van der Waals surface area contributed by atoms with Crippen molar-refractivity contribution < 1.29 is 9.90 Å². The molecule has 1 amide bonds. The van der Waals surface area contributed by atoms with Crippen molar-refractivity contribution in [1.82, 2.24) is 5.32 Å². The highest BCUT2D eigenvalue weighted by Gasteiger charge is 2.24. The second-order valence-corrected chi connectivity index (χ2v) is 5.26. The average molecular weight is 187 g/mol. The molecule has 0 heterocycles. The molecule has 0 unspecified atom stereocenters. The summed E-state index contributed by atoms with van der Waals surface area (Å²) in [5.74, 6) is 0.0222. The van der Waals surface area contributed by atoms with E-state index in [0.29, 0.717) is 6.54 Å². The van der Waals surface area contributed by atoms with Crippen molar-refractivity contribution in [3.63, 3.8) is 0 Å². The van der Waals surface area contributed by atoms with E-state index in [1.807, 2.05) is 34.6 Å². The summed E-state index contributed by atoms with van der Waals surface area (Å²) in [5.41, 5.74) is -0.591. The van der Waals surface area contributed by atoms with Gasteiger partial charge in [-0.2, -0.15) is 0 Å². The quantitative estimate of drug-likeness (QED) is 0.696. The van der Waals surface area contributed by atoms with E-state index < -0.39 is 0 Å². The number of aliphatic hydroxyl groups is 1. The van der Waals surface area contributed by atoms with Gasteiger partial charge in [0.15, 0.2) is 0 Å². The normalized spacial score (nSPS) is 12.8. The predicted octanol–water partition coefficient (Wildman–Crippen LogP) is 1.17. The zero-order chi connectivity index (χ0) is 10.7. The molecule has 0 aliphatic carbocycles. The van der Waals surface area contributed by atoms with Crippen LogP contribution in [0.1, 0.15) is 34.6 Å². The zero-order valence-corrected chi connectivity index (χ0v) is 9.27. The van der Waals surface area contributed by atoms with Gasteiger partial charge in [-0.3, -0.25) is 4.79 Å². The molecule has 13 heavy (non-hydrogen) atoms. The fourth-order valence-electron chi connectivity index (χ4n) is 0.641. The van der Waals surface area contributed by atoms with Gasteiger partial charge in [0.25, 0.3) is 0 Å². The number of hydrogen-bond acceptors (Lipinski definition) is 2. The van der Waals surface area contributed by atoms with Crippen molar-refractivity contribution in [1.29, 1.82) is 0 Å². The van der Waals surface area contributed by atoms with E-state index in [1.54, 1.807) is 0 Å². The summed E-state index contributed by atoms with van der Waals surface area (Å²) in [6, 6.07) is 0. The highest BCUT2D eigenvalue weighted by molar-refractivity contribution is 5.81. The van der Waals surface area contributed by atoms with Crippen LogP contribution in [0.2, 0.25) is 0 Å². The zero-order valence-electron chi connectivity index (χ0n) is 9.27. The minimum atomic E-state index is -0.356. The maximum atomic E-state index is 11.4. The molecule has 0 aliphatic rings. The van der Waals surface area contributed by atoms with Crippen molar-refractivity contribution >= 4 is 5.91 Å². The maximum absolute atomic E-state index is 11.4. The van der Waals surface area contributed by atoms with Crippen LogP contribution in [-0.4, -0.2) is 24.2 Å². The van der Waals surface area contributed by atoms with Crippen molar-refractivity contribution in [3.8, 4) is 0 Å². The molecule has 0 spiro atoms. The van der Waals surface area contributed by atoms with E-state index in [-0.39, 0.29) is 23.3 Å². The Morgan fingerprint density at radius 3 is 2.00 bits per heavy atom. The molecule has 78 valence electrons. The second-order valence-electron chi connectivity index (χ2n) is 5.26. The summed E-state index contributed by atoms with van der Waals surface area (Å²) < 4.78 is 0. The van der Waals surface area contributed by atoms with Crippen LogP contribution in [0.5, 0.6) is 0 Å². The van der Waals surface area contributed by atoms with Crippen LogP contribution in [0, 0.1) is 10.8 Å². The Morgan fingerprint density at radius 2 is 1.69 bits per heavy atom. The number of carbonyl (C=O) groups excluding carboxylic acids is 1. The minimum absolute atomic E-state index is 0.0222. The highest BCUT2D eigenvalue weighted by Crippen LogP contribution is 2.15. The van der Waals surface area contributed by atoms with Gasteiger partial charge in [-0.25, -0.2) is 0 Å². The van der Waals surface area contributed by atoms with Crippen molar-refractivity contribution in [3.05, 3.63) is 0 Å². The summed E-state index contributed by atoms with van der Waals surface area (Å²) in [6.45, 7) is 10.0. The first-order valence-electron chi connectivity index (χ1n) is 4.58. The lowest BCUT2D eigenvalue weighted by molar-refractivity contribution is -0.129. The number of rotatable bonds is 3. The fourth-order valence-corrected chi connectivity index (χ4v) is 0.641. The summed E-state index contributed by atoms with van der Waals surface area (Å²) >= 11 is 0. The third-order valence-electron chi connectivity index (χ3n) is 1.84. The van der Waals surface area contributed by atoms with Crippen LogP contribution in [-0.2, 0) is 4.79 Å². The van der Waals surface area contributed by atoms with Crippen LogP contribution < -0.4 is 5.32 Å². The molecule has 0 aromatic carbocycles. The number of hydrogen-bond donors (Lipinski definition) is 2. The van der Waals surface area contributed by atoms with Crippen LogP contribution in [0.4, 0.5) is 0 Å². The van der Waals surface area contributed by atoms with E-state index in [0.717, 1.165) is 0 Å².